The van der Waals surface area contributed by atoms with Gasteiger partial charge < -0.3 is 15.5 Å². The molecule has 2 N–H and O–H groups in total. The summed E-state index contributed by atoms with van der Waals surface area (Å²) in [6.45, 7) is 4.86. The highest BCUT2D eigenvalue weighted by atomic mass is 32.1. The maximum absolute atomic E-state index is 11.8. The number of nitrogens with two attached hydrogens (primary N) is 1. The summed E-state index contributed by atoms with van der Waals surface area (Å²) in [5.41, 5.74) is 5.42. The third-order valence-electron chi connectivity index (χ3n) is 3.65. The summed E-state index contributed by atoms with van der Waals surface area (Å²) < 4.78 is 0. The molecule has 104 valence electrons. The van der Waals surface area contributed by atoms with Gasteiger partial charge in [-0.15, -0.1) is 0 Å². The van der Waals surface area contributed by atoms with Gasteiger partial charge in [-0.2, -0.15) is 0 Å². The van der Waals surface area contributed by atoms with E-state index < -0.39 is 0 Å². The molecule has 1 aliphatic carbocycles. The third-order valence-corrected chi connectivity index (χ3v) is 3.85. The van der Waals surface area contributed by atoms with Crippen molar-refractivity contribution >= 4 is 23.1 Å². The van der Waals surface area contributed by atoms with Crippen molar-refractivity contribution < 1.29 is 4.79 Å². The van der Waals surface area contributed by atoms with Crippen molar-refractivity contribution in [3.05, 3.63) is 0 Å². The molecular formula is C13H25N3OS. The lowest BCUT2D eigenvalue weighted by atomic mass is 10.3. The Balaban J connectivity index is 2.13. The molecule has 0 aromatic carbocycles. The fourth-order valence-corrected chi connectivity index (χ4v) is 2.12. The van der Waals surface area contributed by atoms with Crippen LogP contribution in [0.5, 0.6) is 0 Å². The third kappa shape index (κ3) is 5.78. The summed E-state index contributed by atoms with van der Waals surface area (Å²) in [7, 11) is 3.90. The van der Waals surface area contributed by atoms with Gasteiger partial charge in [0.2, 0.25) is 5.91 Å². The summed E-state index contributed by atoms with van der Waals surface area (Å²) >= 11 is 4.80. The number of hydrogen-bond donors (Lipinski definition) is 1. The minimum absolute atomic E-state index is 0.168. The van der Waals surface area contributed by atoms with Crippen LogP contribution in [0.3, 0.4) is 0 Å². The topological polar surface area (TPSA) is 49.6 Å². The maximum Gasteiger partial charge on any atom is 0.223 e. The van der Waals surface area contributed by atoms with Crippen LogP contribution in [0.25, 0.3) is 0 Å². The summed E-state index contributed by atoms with van der Waals surface area (Å²) in [5, 5.41) is 0. The Morgan fingerprint density at radius 1 is 1.33 bits per heavy atom. The van der Waals surface area contributed by atoms with Gasteiger partial charge in [0.1, 0.15) is 0 Å². The van der Waals surface area contributed by atoms with Crippen molar-refractivity contribution in [2.24, 2.45) is 17.6 Å². The quantitative estimate of drug-likeness (QED) is 0.672. The van der Waals surface area contributed by atoms with E-state index in [2.05, 4.69) is 18.9 Å². The van der Waals surface area contributed by atoms with E-state index in [-0.39, 0.29) is 5.91 Å². The van der Waals surface area contributed by atoms with Crippen LogP contribution in [-0.4, -0.2) is 54.4 Å². The molecule has 0 aromatic rings. The molecule has 0 heterocycles. The van der Waals surface area contributed by atoms with Crippen molar-refractivity contribution in [1.82, 2.24) is 9.80 Å². The molecule has 4 nitrogen and oxygen atoms in total. The summed E-state index contributed by atoms with van der Waals surface area (Å²) in [4.78, 5) is 16.3. The number of thiocarbonyl (C=S) groups is 1. The predicted molar refractivity (Wildman–Crippen MR) is 78.4 cm³/mol. The van der Waals surface area contributed by atoms with E-state index in [0.29, 0.717) is 24.4 Å². The van der Waals surface area contributed by atoms with Gasteiger partial charge in [-0.25, -0.2) is 0 Å². The van der Waals surface area contributed by atoms with Gasteiger partial charge in [0.25, 0.3) is 0 Å². The zero-order chi connectivity index (χ0) is 13.7. The summed E-state index contributed by atoms with van der Waals surface area (Å²) in [6.07, 6.45) is 2.52. The smallest absolute Gasteiger partial charge is 0.223 e. The standard InChI is InChI=1S/C13H25N3OS/c1-10-8-11(10)9-15(2)6-5-13(17)16(3)7-4-12(14)18/h10-11H,4-9H2,1-3H3,(H2,14,18). The molecule has 1 fully saturated rings. The number of carbonyl (C=O) groups excluding carboxylic acids is 1. The number of hydrogen-bond acceptors (Lipinski definition) is 3. The van der Waals surface area contributed by atoms with E-state index in [0.717, 1.165) is 24.9 Å². The van der Waals surface area contributed by atoms with Crippen LogP contribution >= 0.6 is 12.2 Å². The van der Waals surface area contributed by atoms with Crippen LogP contribution in [0.15, 0.2) is 0 Å². The SMILES string of the molecule is CC1CC1CN(C)CCC(=O)N(C)CCC(N)=S. The lowest BCUT2D eigenvalue weighted by Gasteiger charge is -2.20. The number of rotatable bonds is 8. The first kappa shape index (κ1) is 15.4. The monoisotopic (exact) mass is 271 g/mol. The number of carbonyl (C=O) groups is 1. The Bertz CT molecular complexity index is 309. The lowest BCUT2D eigenvalue weighted by Crippen LogP contribution is -2.33. The van der Waals surface area contributed by atoms with Crippen LogP contribution in [0.2, 0.25) is 0 Å². The highest BCUT2D eigenvalue weighted by molar-refractivity contribution is 7.80. The van der Waals surface area contributed by atoms with Crippen molar-refractivity contribution in [3.63, 3.8) is 0 Å². The molecule has 2 atom stereocenters. The molecule has 1 rings (SSSR count). The molecule has 5 heteroatoms. The molecule has 1 aliphatic rings. The van der Waals surface area contributed by atoms with E-state index >= 15 is 0 Å². The average molecular weight is 271 g/mol. The predicted octanol–water partition coefficient (Wildman–Crippen LogP) is 1.10. The van der Waals surface area contributed by atoms with Crippen LogP contribution in [-0.2, 0) is 4.79 Å². The molecular weight excluding hydrogens is 246 g/mol. The second-order valence-electron chi connectivity index (χ2n) is 5.52. The summed E-state index contributed by atoms with van der Waals surface area (Å²) in [6, 6.07) is 0. The Labute approximate surface area is 115 Å². The first-order valence-electron chi connectivity index (χ1n) is 6.61. The number of amides is 1. The average Bonchev–Trinajstić information content (AvgIpc) is 2.98. The number of nitrogens with zero attached hydrogens (tertiary/aromatic N) is 2. The highest BCUT2D eigenvalue weighted by Crippen LogP contribution is 2.37. The zero-order valence-corrected chi connectivity index (χ0v) is 12.5. The second-order valence-corrected chi connectivity index (χ2v) is 6.04. The molecule has 1 amide bonds. The molecule has 0 aliphatic heterocycles. The van der Waals surface area contributed by atoms with Gasteiger partial charge >= 0.3 is 0 Å². The Morgan fingerprint density at radius 2 is 1.94 bits per heavy atom. The first-order chi connectivity index (χ1) is 8.40. The summed E-state index contributed by atoms with van der Waals surface area (Å²) in [5.74, 6) is 1.88. The fraction of sp³-hybridized carbons (Fsp3) is 0.846. The Morgan fingerprint density at radius 3 is 2.44 bits per heavy atom. The Kier molecular flexibility index (Phi) is 6.02. The van der Waals surface area contributed by atoms with E-state index in [4.69, 9.17) is 18.0 Å². The molecule has 0 spiro atoms. The van der Waals surface area contributed by atoms with Gasteiger partial charge in [0.05, 0.1) is 4.99 Å². The van der Waals surface area contributed by atoms with Crippen molar-refractivity contribution in [3.8, 4) is 0 Å². The van der Waals surface area contributed by atoms with Gasteiger partial charge in [0.15, 0.2) is 0 Å². The van der Waals surface area contributed by atoms with Crippen molar-refractivity contribution in [2.75, 3.05) is 33.7 Å². The van der Waals surface area contributed by atoms with Crippen LogP contribution in [0.1, 0.15) is 26.2 Å². The van der Waals surface area contributed by atoms with Gasteiger partial charge in [-0.3, -0.25) is 4.79 Å². The molecule has 0 saturated heterocycles. The van der Waals surface area contributed by atoms with Crippen molar-refractivity contribution in [2.45, 2.75) is 26.2 Å². The molecule has 0 bridgehead atoms. The van der Waals surface area contributed by atoms with Gasteiger partial charge in [0, 0.05) is 39.5 Å². The normalized spacial score (nSPS) is 22.0. The van der Waals surface area contributed by atoms with Crippen LogP contribution in [0.4, 0.5) is 0 Å². The first-order valence-corrected chi connectivity index (χ1v) is 7.01. The van der Waals surface area contributed by atoms with Gasteiger partial charge in [-0.05, 0) is 25.3 Å². The van der Waals surface area contributed by atoms with Crippen LogP contribution in [0, 0.1) is 11.8 Å². The highest BCUT2D eigenvalue weighted by Gasteiger charge is 2.32. The molecule has 1 saturated carbocycles. The second kappa shape index (κ2) is 7.04. The van der Waals surface area contributed by atoms with E-state index in [9.17, 15) is 4.79 Å². The van der Waals surface area contributed by atoms with Gasteiger partial charge in [-0.1, -0.05) is 19.1 Å². The van der Waals surface area contributed by atoms with E-state index in [1.807, 2.05) is 7.05 Å². The molecule has 0 aromatic heterocycles. The Hall–Kier alpha value is -0.680. The largest absolute Gasteiger partial charge is 0.393 e. The lowest BCUT2D eigenvalue weighted by molar-refractivity contribution is -0.130. The fourth-order valence-electron chi connectivity index (χ4n) is 2.03. The molecule has 18 heavy (non-hydrogen) atoms. The van der Waals surface area contributed by atoms with E-state index in [1.54, 1.807) is 4.90 Å². The van der Waals surface area contributed by atoms with Crippen molar-refractivity contribution in [1.29, 1.82) is 0 Å². The van der Waals surface area contributed by atoms with Crippen LogP contribution < -0.4 is 5.73 Å². The zero-order valence-electron chi connectivity index (χ0n) is 11.7. The minimum atomic E-state index is 0.168. The molecule has 0 radical (unpaired) electrons. The van der Waals surface area contributed by atoms with E-state index in [1.165, 1.54) is 6.42 Å². The maximum atomic E-state index is 11.8. The molecule has 2 unspecified atom stereocenters. The minimum Gasteiger partial charge on any atom is -0.393 e.